The molecule has 25 heteroatoms. The van der Waals surface area contributed by atoms with Crippen molar-refractivity contribution in [2.45, 2.75) is 37.1 Å². The first-order valence-corrected chi connectivity index (χ1v) is 7.92. The van der Waals surface area contributed by atoms with Gasteiger partial charge in [0.2, 0.25) is 17.3 Å². The number of halogens is 18. The molecule has 0 aromatic rings. The third-order valence-electron chi connectivity index (χ3n) is 2.51. The van der Waals surface area contributed by atoms with E-state index in [1.165, 1.54) is 0 Å². The van der Waals surface area contributed by atoms with Gasteiger partial charge in [-0.3, -0.25) is 14.4 Å². The van der Waals surface area contributed by atoms with E-state index in [4.69, 9.17) is 15.3 Å². The zero-order chi connectivity index (χ0) is 32.6. The third kappa shape index (κ3) is 19.9. The van der Waals surface area contributed by atoms with Gasteiger partial charge in [0.15, 0.2) is 0 Å². The van der Waals surface area contributed by atoms with Gasteiger partial charge in [0.25, 0.3) is 17.3 Å². The SMILES string of the molecule is O=C(/C=C(\O)C(F)(F)F)C(F)(F)F.O=C(/C=C(\O)C(F)(F)F)C(F)(F)F.O=C(/C=C(\O)C(F)(F)F)C(F)(F)F.[V]. The van der Waals surface area contributed by atoms with E-state index in [0.717, 1.165) is 0 Å². The zero-order valence-electron chi connectivity index (χ0n) is 17.5. The summed E-state index contributed by atoms with van der Waals surface area (Å²) in [5.74, 6) is -16.0. The van der Waals surface area contributed by atoms with Crippen LogP contribution >= 0.6 is 0 Å². The summed E-state index contributed by atoms with van der Waals surface area (Å²) < 4.78 is 204. The summed E-state index contributed by atoms with van der Waals surface area (Å²) in [6.07, 6.45) is -35.0. The van der Waals surface area contributed by atoms with Crippen LogP contribution in [-0.2, 0) is 32.9 Å². The number of hydrogen-bond donors (Lipinski definition) is 3. The van der Waals surface area contributed by atoms with Crippen molar-refractivity contribution in [3.8, 4) is 0 Å². The minimum atomic E-state index is -5.42. The van der Waals surface area contributed by atoms with Gasteiger partial charge in [-0.25, -0.2) is 0 Å². The van der Waals surface area contributed by atoms with Gasteiger partial charge >= 0.3 is 37.1 Å². The number of allylic oxidation sites excluding steroid dienone is 6. The number of carbonyl (C=O) groups excluding carboxylic acids is 3. The zero-order valence-corrected chi connectivity index (χ0v) is 18.9. The Balaban J connectivity index is -0.000000240. The van der Waals surface area contributed by atoms with Crippen LogP contribution in [0.15, 0.2) is 35.5 Å². The molecule has 0 unspecified atom stereocenters. The minimum absolute atomic E-state index is 0. The normalized spacial score (nSPS) is 14.1. The molecule has 0 amide bonds. The molecule has 0 atom stereocenters. The molecule has 0 aromatic carbocycles. The molecule has 0 fully saturated rings. The maximum atomic E-state index is 11.4. The number of rotatable bonds is 3. The van der Waals surface area contributed by atoms with Crippen molar-refractivity contribution < 1.29 is 127 Å². The molecule has 1 radical (unpaired) electrons. The Hall–Kier alpha value is -3.05. The second-order valence-corrected chi connectivity index (χ2v) is 5.67. The van der Waals surface area contributed by atoms with Crippen molar-refractivity contribution >= 4 is 17.3 Å². The molecule has 0 bridgehead atoms. The Bertz CT molecular complexity index is 834. The van der Waals surface area contributed by atoms with Gasteiger partial charge in [-0.05, 0) is 0 Å². The van der Waals surface area contributed by atoms with Crippen LogP contribution in [0, 0.1) is 0 Å². The van der Waals surface area contributed by atoms with Crippen LogP contribution < -0.4 is 0 Å². The molecule has 0 aliphatic carbocycles. The predicted octanol–water partition coefficient (Wildman–Crippen LogP) is 6.36. The Morgan fingerprint density at radius 2 is 0.475 bits per heavy atom. The Kier molecular flexibility index (Phi) is 16.6. The number of hydrogen-bond acceptors (Lipinski definition) is 6. The van der Waals surface area contributed by atoms with Crippen LogP contribution in [-0.4, -0.2) is 69.7 Å². The van der Waals surface area contributed by atoms with Crippen LogP contribution in [0.4, 0.5) is 79.0 Å². The number of aliphatic hydroxyl groups excluding tert-OH is 3. The van der Waals surface area contributed by atoms with E-state index in [1.807, 2.05) is 0 Å². The summed E-state index contributed by atoms with van der Waals surface area (Å²) >= 11 is 0. The molecule has 40 heavy (non-hydrogen) atoms. The van der Waals surface area contributed by atoms with Crippen molar-refractivity contribution in [3.63, 3.8) is 0 Å². The third-order valence-corrected chi connectivity index (χ3v) is 2.51. The van der Waals surface area contributed by atoms with Gasteiger partial charge in [0.05, 0.1) is 0 Å². The fraction of sp³-hybridized carbons (Fsp3) is 0.400. The summed E-state index contributed by atoms with van der Waals surface area (Å²) in [6.45, 7) is 0. The molecule has 0 aliphatic heterocycles. The average Bonchev–Trinajstić information content (AvgIpc) is 2.64. The Morgan fingerprint density at radius 3 is 0.550 bits per heavy atom. The summed E-state index contributed by atoms with van der Waals surface area (Å²) in [5.41, 5.74) is 0. The average molecular weight is 675 g/mol. The molecule has 0 spiro atoms. The largest absolute Gasteiger partial charge is 0.504 e. The van der Waals surface area contributed by atoms with E-state index < -0.39 is 89.9 Å². The Morgan fingerprint density at radius 1 is 0.350 bits per heavy atom. The van der Waals surface area contributed by atoms with E-state index in [-0.39, 0.29) is 18.6 Å². The van der Waals surface area contributed by atoms with Crippen LogP contribution in [0.25, 0.3) is 0 Å². The second-order valence-electron chi connectivity index (χ2n) is 5.67. The van der Waals surface area contributed by atoms with E-state index in [9.17, 15) is 93.4 Å². The Labute approximate surface area is 218 Å². The molecule has 0 heterocycles. The first-order chi connectivity index (χ1) is 16.6. The summed E-state index contributed by atoms with van der Waals surface area (Å²) in [6, 6.07) is 0. The number of aliphatic hydroxyl groups is 3. The maximum absolute atomic E-state index is 11.4. The van der Waals surface area contributed by atoms with E-state index in [2.05, 4.69) is 0 Å². The molecular weight excluding hydrogens is 669 g/mol. The summed E-state index contributed by atoms with van der Waals surface area (Å²) in [4.78, 5) is 29.6. The van der Waals surface area contributed by atoms with Gasteiger partial charge in [0, 0.05) is 36.8 Å². The quantitative estimate of drug-likeness (QED) is 0.183. The summed E-state index contributed by atoms with van der Waals surface area (Å²) in [5, 5.41) is 23.8. The fourth-order valence-electron chi connectivity index (χ4n) is 0.864. The smallest absolute Gasteiger partial charge is 0.454 e. The van der Waals surface area contributed by atoms with Crippen LogP contribution in [0.1, 0.15) is 0 Å². The molecule has 0 rings (SSSR count). The fourth-order valence-corrected chi connectivity index (χ4v) is 0.864. The van der Waals surface area contributed by atoms with E-state index in [1.54, 1.807) is 0 Å². The van der Waals surface area contributed by atoms with Gasteiger partial charge in [-0.1, -0.05) is 0 Å². The van der Waals surface area contributed by atoms with Crippen LogP contribution in [0.3, 0.4) is 0 Å². The molecule has 0 saturated heterocycles. The van der Waals surface area contributed by atoms with Crippen molar-refractivity contribution in [2.75, 3.05) is 0 Å². The standard InChI is InChI=1S/3C5H2F6O2.V/c3*6-4(7,8)2(12)1-3(13)5(9,10)11;/h3*1,12H;/b3*2-1-;. The van der Waals surface area contributed by atoms with Crippen molar-refractivity contribution in [3.05, 3.63) is 35.5 Å². The van der Waals surface area contributed by atoms with Gasteiger partial charge in [0.1, 0.15) is 0 Å². The van der Waals surface area contributed by atoms with Crippen molar-refractivity contribution in [1.82, 2.24) is 0 Å². The van der Waals surface area contributed by atoms with Crippen LogP contribution in [0.2, 0.25) is 0 Å². The molecule has 0 aromatic heterocycles. The minimum Gasteiger partial charge on any atom is -0.504 e. The first-order valence-electron chi connectivity index (χ1n) is 7.92. The summed E-state index contributed by atoms with van der Waals surface area (Å²) in [7, 11) is 0. The first kappa shape index (κ1) is 44.0. The molecule has 6 nitrogen and oxygen atoms in total. The number of ketones is 3. The van der Waals surface area contributed by atoms with E-state index >= 15 is 0 Å². The van der Waals surface area contributed by atoms with Crippen molar-refractivity contribution in [1.29, 1.82) is 0 Å². The monoisotopic (exact) mass is 675 g/mol. The molecule has 233 valence electrons. The molecule has 0 saturated carbocycles. The predicted molar refractivity (Wildman–Crippen MR) is 83.5 cm³/mol. The second kappa shape index (κ2) is 15.1. The number of alkyl halides is 18. The van der Waals surface area contributed by atoms with Gasteiger partial charge in [-0.2, -0.15) is 79.0 Å². The van der Waals surface area contributed by atoms with Gasteiger partial charge in [-0.15, -0.1) is 0 Å². The topological polar surface area (TPSA) is 112 Å². The van der Waals surface area contributed by atoms with Crippen molar-refractivity contribution in [2.24, 2.45) is 0 Å². The van der Waals surface area contributed by atoms with Crippen LogP contribution in [0.5, 0.6) is 0 Å². The molecule has 0 aliphatic rings. The van der Waals surface area contributed by atoms with E-state index in [0.29, 0.717) is 0 Å². The molecular formula is C15H6F18O6V. The molecule has 3 N–H and O–H groups in total. The maximum Gasteiger partial charge on any atom is 0.454 e. The van der Waals surface area contributed by atoms with Gasteiger partial charge < -0.3 is 15.3 Å². The number of carbonyl (C=O) groups is 3.